The van der Waals surface area contributed by atoms with Crippen LogP contribution in [0.3, 0.4) is 0 Å². The number of rotatable bonds is 3. The van der Waals surface area contributed by atoms with Crippen LogP contribution in [0.25, 0.3) is 0 Å². The highest BCUT2D eigenvalue weighted by Gasteiger charge is 2.35. The van der Waals surface area contributed by atoms with Gasteiger partial charge in [-0.15, -0.1) is 11.3 Å². The highest BCUT2D eigenvalue weighted by atomic mass is 35.5. The van der Waals surface area contributed by atoms with Crippen molar-refractivity contribution in [2.75, 3.05) is 6.61 Å². The van der Waals surface area contributed by atoms with Gasteiger partial charge in [0, 0.05) is 6.61 Å². The lowest BCUT2D eigenvalue weighted by atomic mass is 10.1. The van der Waals surface area contributed by atoms with Crippen molar-refractivity contribution in [1.29, 1.82) is 0 Å². The lowest BCUT2D eigenvalue weighted by Crippen LogP contribution is -2.43. The molecule has 1 aliphatic rings. The van der Waals surface area contributed by atoms with Crippen molar-refractivity contribution in [3.05, 3.63) is 21.3 Å². The van der Waals surface area contributed by atoms with E-state index in [4.69, 9.17) is 21.4 Å². The molecule has 5 nitrogen and oxygen atoms in total. The largest absolute Gasteiger partial charge is 0.479 e. The number of carbonyl (C=O) groups is 2. The lowest BCUT2D eigenvalue weighted by molar-refractivity contribution is -0.148. The Balaban J connectivity index is 2.01. The molecule has 1 amide bonds. The molecule has 92 valence electrons. The summed E-state index contributed by atoms with van der Waals surface area (Å²) in [5.74, 6) is -1.37. The van der Waals surface area contributed by atoms with E-state index < -0.39 is 18.1 Å². The summed E-state index contributed by atoms with van der Waals surface area (Å²) >= 11 is 6.87. The number of carboxylic acid groups (broad SMARTS) is 1. The van der Waals surface area contributed by atoms with Crippen LogP contribution in [0.2, 0.25) is 4.34 Å². The maximum Gasteiger partial charge on any atom is 0.334 e. The van der Waals surface area contributed by atoms with Crippen molar-refractivity contribution >= 4 is 34.8 Å². The van der Waals surface area contributed by atoms with Crippen molar-refractivity contribution in [2.24, 2.45) is 0 Å². The van der Waals surface area contributed by atoms with Gasteiger partial charge in [-0.2, -0.15) is 0 Å². The Bertz CT molecular complexity index is 447. The Morgan fingerprint density at radius 1 is 1.53 bits per heavy atom. The Labute approximate surface area is 106 Å². The number of nitrogens with one attached hydrogen (secondary N) is 1. The summed E-state index contributed by atoms with van der Waals surface area (Å²) in [4.78, 5) is 23.1. The molecule has 0 unspecified atom stereocenters. The van der Waals surface area contributed by atoms with Crippen LogP contribution in [-0.4, -0.2) is 35.7 Å². The van der Waals surface area contributed by atoms with E-state index in [-0.39, 0.29) is 5.91 Å². The van der Waals surface area contributed by atoms with Crippen molar-refractivity contribution < 1.29 is 19.4 Å². The average molecular weight is 276 g/mol. The van der Waals surface area contributed by atoms with E-state index in [1.54, 1.807) is 12.1 Å². The van der Waals surface area contributed by atoms with Gasteiger partial charge in [0.25, 0.3) is 5.91 Å². The number of thiophene rings is 1. The highest BCUT2D eigenvalue weighted by molar-refractivity contribution is 7.17. The normalized spacial score (nSPS) is 23.6. The number of ether oxygens (including phenoxy) is 1. The van der Waals surface area contributed by atoms with E-state index in [0.29, 0.717) is 22.2 Å². The molecule has 0 aromatic carbocycles. The predicted octanol–water partition coefficient (Wildman–Crippen LogP) is 1.37. The second kappa shape index (κ2) is 5.03. The number of halogens is 1. The molecule has 2 atom stereocenters. The number of amides is 1. The molecule has 0 saturated carbocycles. The van der Waals surface area contributed by atoms with Crippen LogP contribution >= 0.6 is 22.9 Å². The van der Waals surface area contributed by atoms with Gasteiger partial charge in [-0.3, -0.25) is 4.79 Å². The lowest BCUT2D eigenvalue weighted by Gasteiger charge is -2.15. The van der Waals surface area contributed by atoms with Crippen LogP contribution in [0.1, 0.15) is 16.1 Å². The third-order valence-electron chi connectivity index (χ3n) is 2.45. The molecule has 2 N–H and O–H groups in total. The van der Waals surface area contributed by atoms with E-state index >= 15 is 0 Å². The molecule has 0 bridgehead atoms. The Morgan fingerprint density at radius 3 is 2.88 bits per heavy atom. The first-order chi connectivity index (χ1) is 8.08. The molecule has 2 rings (SSSR count). The van der Waals surface area contributed by atoms with Crippen LogP contribution in [-0.2, 0) is 9.53 Å². The van der Waals surface area contributed by atoms with E-state index in [2.05, 4.69) is 5.32 Å². The first-order valence-electron chi connectivity index (χ1n) is 4.98. The molecule has 2 heterocycles. The van der Waals surface area contributed by atoms with Gasteiger partial charge in [0.2, 0.25) is 0 Å². The Morgan fingerprint density at radius 2 is 2.29 bits per heavy atom. The zero-order chi connectivity index (χ0) is 12.4. The van der Waals surface area contributed by atoms with Crippen molar-refractivity contribution in [3.63, 3.8) is 0 Å². The summed E-state index contributed by atoms with van der Waals surface area (Å²) in [5.41, 5.74) is 0. The maximum atomic E-state index is 11.8. The highest BCUT2D eigenvalue weighted by Crippen LogP contribution is 2.22. The topological polar surface area (TPSA) is 75.6 Å². The molecule has 17 heavy (non-hydrogen) atoms. The molecular weight excluding hydrogens is 266 g/mol. The van der Waals surface area contributed by atoms with E-state index in [9.17, 15) is 9.59 Å². The fourth-order valence-electron chi connectivity index (χ4n) is 1.66. The van der Waals surface area contributed by atoms with Crippen LogP contribution in [0.4, 0.5) is 0 Å². The third-order valence-corrected chi connectivity index (χ3v) is 3.68. The first kappa shape index (κ1) is 12.3. The first-order valence-corrected chi connectivity index (χ1v) is 6.18. The summed E-state index contributed by atoms with van der Waals surface area (Å²) in [7, 11) is 0. The Kier molecular flexibility index (Phi) is 3.66. The minimum Gasteiger partial charge on any atom is -0.479 e. The predicted molar refractivity (Wildman–Crippen MR) is 62.6 cm³/mol. The van der Waals surface area contributed by atoms with Crippen molar-refractivity contribution in [2.45, 2.75) is 18.6 Å². The van der Waals surface area contributed by atoms with Crippen LogP contribution in [0, 0.1) is 0 Å². The van der Waals surface area contributed by atoms with Gasteiger partial charge in [0.15, 0.2) is 6.10 Å². The van der Waals surface area contributed by atoms with Gasteiger partial charge in [-0.1, -0.05) is 11.6 Å². The molecule has 1 aromatic rings. The minimum absolute atomic E-state index is 0.316. The zero-order valence-corrected chi connectivity index (χ0v) is 10.3. The molecule has 1 aliphatic heterocycles. The summed E-state index contributed by atoms with van der Waals surface area (Å²) in [6.07, 6.45) is -0.462. The molecule has 0 spiro atoms. The second-order valence-corrected chi connectivity index (χ2v) is 5.32. The van der Waals surface area contributed by atoms with Gasteiger partial charge in [0.1, 0.15) is 0 Å². The van der Waals surface area contributed by atoms with E-state index in [1.165, 1.54) is 0 Å². The summed E-state index contributed by atoms with van der Waals surface area (Å²) in [6, 6.07) is 2.75. The van der Waals surface area contributed by atoms with Gasteiger partial charge in [0.05, 0.1) is 15.3 Å². The molecule has 1 aromatic heterocycles. The summed E-state index contributed by atoms with van der Waals surface area (Å²) < 4.78 is 5.55. The maximum absolute atomic E-state index is 11.8. The smallest absolute Gasteiger partial charge is 0.334 e. The number of aliphatic carboxylic acids is 1. The fraction of sp³-hybridized carbons (Fsp3) is 0.400. The fourth-order valence-corrected chi connectivity index (χ4v) is 2.60. The Hall–Kier alpha value is -1.11. The third kappa shape index (κ3) is 2.77. The quantitative estimate of drug-likeness (QED) is 0.874. The van der Waals surface area contributed by atoms with Gasteiger partial charge in [-0.05, 0) is 18.6 Å². The average Bonchev–Trinajstić information content (AvgIpc) is 2.86. The number of hydrogen-bond donors (Lipinski definition) is 2. The molecule has 0 radical (unpaired) electrons. The number of carbonyl (C=O) groups excluding carboxylic acids is 1. The molecular formula is C10H10ClNO4S. The van der Waals surface area contributed by atoms with Gasteiger partial charge in [-0.25, -0.2) is 4.79 Å². The number of hydrogen-bond acceptors (Lipinski definition) is 4. The van der Waals surface area contributed by atoms with Crippen molar-refractivity contribution in [3.8, 4) is 0 Å². The number of carboxylic acids is 1. The molecule has 1 fully saturated rings. The van der Waals surface area contributed by atoms with E-state index in [0.717, 1.165) is 11.3 Å². The van der Waals surface area contributed by atoms with Crippen LogP contribution in [0.15, 0.2) is 12.1 Å². The van der Waals surface area contributed by atoms with Gasteiger partial charge >= 0.3 is 5.97 Å². The zero-order valence-electron chi connectivity index (χ0n) is 8.68. The second-order valence-electron chi connectivity index (χ2n) is 3.60. The summed E-state index contributed by atoms with van der Waals surface area (Å²) in [5, 5.41) is 11.5. The SMILES string of the molecule is O=C(N[C@H]1CCO[C@H]1C(=O)O)c1ccc(Cl)s1. The van der Waals surface area contributed by atoms with Crippen molar-refractivity contribution in [1.82, 2.24) is 5.32 Å². The van der Waals surface area contributed by atoms with Crippen LogP contribution in [0.5, 0.6) is 0 Å². The monoisotopic (exact) mass is 275 g/mol. The van der Waals surface area contributed by atoms with Crippen LogP contribution < -0.4 is 5.32 Å². The van der Waals surface area contributed by atoms with Gasteiger partial charge < -0.3 is 15.2 Å². The molecule has 0 aliphatic carbocycles. The standard InChI is InChI=1S/C10H10ClNO4S/c11-7-2-1-6(17-7)9(13)12-5-3-4-16-8(5)10(14)15/h1-2,5,8H,3-4H2,(H,12,13)(H,14,15)/t5-,8+/m0/s1. The minimum atomic E-state index is -1.06. The summed E-state index contributed by atoms with van der Waals surface area (Å²) in [6.45, 7) is 0.340. The molecule has 7 heteroatoms. The molecule has 1 saturated heterocycles. The van der Waals surface area contributed by atoms with E-state index in [1.807, 2.05) is 0 Å².